The van der Waals surface area contributed by atoms with Gasteiger partial charge in [-0.15, -0.1) is 12.6 Å². The molecule has 3 nitrogen and oxygen atoms in total. The first kappa shape index (κ1) is 12.9. The fourth-order valence-electron chi connectivity index (χ4n) is 1.03. The monoisotopic (exact) mass is 247 g/mol. The van der Waals surface area contributed by atoms with Crippen molar-refractivity contribution in [1.82, 2.24) is 5.32 Å². The minimum atomic E-state index is -3.30. The molecule has 0 aliphatic heterocycles. The first-order valence-electron chi connectivity index (χ1n) is 4.51. The summed E-state index contributed by atoms with van der Waals surface area (Å²) in [6.45, 7) is -2.19. The lowest BCUT2D eigenvalue weighted by Gasteiger charge is -2.14. The lowest BCUT2D eigenvalue weighted by Crippen LogP contribution is -2.39. The highest BCUT2D eigenvalue weighted by Gasteiger charge is 2.28. The number of nitrogens with one attached hydrogen (secondary N) is 1. The van der Waals surface area contributed by atoms with Gasteiger partial charge in [-0.05, 0) is 12.1 Å². The number of aliphatic hydroxyl groups excluding tert-OH is 1. The van der Waals surface area contributed by atoms with Crippen molar-refractivity contribution in [3.05, 3.63) is 29.8 Å². The Morgan fingerprint density at radius 1 is 1.44 bits per heavy atom. The molecule has 1 amide bonds. The molecule has 0 fully saturated rings. The molecule has 0 aliphatic carbocycles. The van der Waals surface area contributed by atoms with E-state index in [-0.39, 0.29) is 5.56 Å². The Bertz CT molecular complexity index is 385. The van der Waals surface area contributed by atoms with Crippen LogP contribution in [0.3, 0.4) is 0 Å². The minimum absolute atomic E-state index is 0.222. The smallest absolute Gasteiger partial charge is 0.287 e. The number of hydrogen-bond acceptors (Lipinski definition) is 3. The first-order valence-corrected chi connectivity index (χ1v) is 4.96. The van der Waals surface area contributed by atoms with Crippen molar-refractivity contribution in [3.63, 3.8) is 0 Å². The van der Waals surface area contributed by atoms with Gasteiger partial charge in [0.15, 0.2) is 0 Å². The van der Waals surface area contributed by atoms with Crippen LogP contribution in [0, 0.1) is 0 Å². The fourth-order valence-corrected chi connectivity index (χ4v) is 1.29. The molecule has 0 spiro atoms. The minimum Gasteiger partial charge on any atom is -0.390 e. The van der Waals surface area contributed by atoms with Gasteiger partial charge in [-0.25, -0.2) is 8.78 Å². The molecule has 0 bridgehead atoms. The molecule has 2 N–H and O–H groups in total. The topological polar surface area (TPSA) is 49.3 Å². The van der Waals surface area contributed by atoms with Crippen LogP contribution in [0.4, 0.5) is 8.78 Å². The Labute approximate surface area is 96.9 Å². The summed E-state index contributed by atoms with van der Waals surface area (Å²) in [5, 5.41) is 10.3. The van der Waals surface area contributed by atoms with Gasteiger partial charge in [-0.1, -0.05) is 12.1 Å². The number of thiol groups is 1. The number of alkyl halides is 2. The molecule has 0 aliphatic rings. The quantitative estimate of drug-likeness (QED) is 0.703. The third-order valence-corrected chi connectivity index (χ3v) is 2.28. The molecule has 0 heterocycles. The van der Waals surface area contributed by atoms with E-state index in [4.69, 9.17) is 5.11 Å². The van der Waals surface area contributed by atoms with Gasteiger partial charge in [0.05, 0.1) is 12.1 Å². The van der Waals surface area contributed by atoms with Crippen LogP contribution in [0.15, 0.2) is 29.2 Å². The summed E-state index contributed by atoms with van der Waals surface area (Å²) in [5.74, 6) is -3.94. The van der Waals surface area contributed by atoms with E-state index in [0.717, 1.165) is 0 Å². The van der Waals surface area contributed by atoms with E-state index >= 15 is 0 Å². The molecule has 0 atom stereocenters. The van der Waals surface area contributed by atoms with Crippen molar-refractivity contribution in [3.8, 4) is 0 Å². The molecule has 1 aromatic carbocycles. The molecule has 0 saturated carbocycles. The lowest BCUT2D eigenvalue weighted by atomic mass is 10.2. The van der Waals surface area contributed by atoms with E-state index in [2.05, 4.69) is 12.6 Å². The summed E-state index contributed by atoms with van der Waals surface area (Å²) in [7, 11) is 0. The zero-order valence-corrected chi connectivity index (χ0v) is 9.18. The van der Waals surface area contributed by atoms with Crippen LogP contribution in [-0.2, 0) is 0 Å². The van der Waals surface area contributed by atoms with Gasteiger partial charge in [-0.3, -0.25) is 4.79 Å². The predicted molar refractivity (Wildman–Crippen MR) is 58.1 cm³/mol. The standard InChI is InChI=1S/C10H11F2NO2S/c11-10(12,6-14)5-13-9(15)7-3-1-2-4-8(7)16/h1-4,14,16H,5-6H2,(H,13,15). The van der Waals surface area contributed by atoms with Crippen LogP contribution in [0.5, 0.6) is 0 Å². The zero-order valence-electron chi connectivity index (χ0n) is 8.28. The molecule has 88 valence electrons. The number of carbonyl (C=O) groups is 1. The van der Waals surface area contributed by atoms with E-state index in [9.17, 15) is 13.6 Å². The molecule has 6 heteroatoms. The molecule has 0 radical (unpaired) electrons. The number of carbonyl (C=O) groups excluding carboxylic acids is 1. The van der Waals surface area contributed by atoms with Crippen molar-refractivity contribution in [1.29, 1.82) is 0 Å². The fraction of sp³-hybridized carbons (Fsp3) is 0.300. The third-order valence-electron chi connectivity index (χ3n) is 1.89. The number of rotatable bonds is 4. The molecule has 1 aromatic rings. The Morgan fingerprint density at radius 2 is 2.06 bits per heavy atom. The van der Waals surface area contributed by atoms with E-state index in [1.54, 1.807) is 18.2 Å². The summed E-state index contributed by atoms with van der Waals surface area (Å²) in [6, 6.07) is 6.36. The third kappa shape index (κ3) is 3.46. The van der Waals surface area contributed by atoms with Gasteiger partial charge < -0.3 is 10.4 Å². The molecule has 0 aromatic heterocycles. The van der Waals surface area contributed by atoms with Crippen molar-refractivity contribution >= 4 is 18.5 Å². The average molecular weight is 247 g/mol. The Kier molecular flexibility index (Phi) is 4.26. The normalized spacial score (nSPS) is 11.2. The van der Waals surface area contributed by atoms with Crippen molar-refractivity contribution in [2.45, 2.75) is 10.8 Å². The second-order valence-corrected chi connectivity index (χ2v) is 3.70. The van der Waals surface area contributed by atoms with Gasteiger partial charge in [-0.2, -0.15) is 0 Å². The number of hydrogen-bond donors (Lipinski definition) is 3. The SMILES string of the molecule is O=C(NCC(F)(F)CO)c1ccccc1S. The summed E-state index contributed by atoms with van der Waals surface area (Å²) >= 11 is 4.03. The second kappa shape index (κ2) is 5.27. The van der Waals surface area contributed by atoms with Crippen LogP contribution in [-0.4, -0.2) is 30.1 Å². The maximum Gasteiger partial charge on any atom is 0.287 e. The predicted octanol–water partition coefficient (Wildman–Crippen LogP) is 1.33. The average Bonchev–Trinajstić information content (AvgIpc) is 2.27. The van der Waals surface area contributed by atoms with Gasteiger partial charge in [0.1, 0.15) is 6.61 Å². The molecule has 1 rings (SSSR count). The van der Waals surface area contributed by atoms with E-state index in [1.165, 1.54) is 6.07 Å². The van der Waals surface area contributed by atoms with Gasteiger partial charge in [0, 0.05) is 4.90 Å². The van der Waals surface area contributed by atoms with Crippen LogP contribution in [0.25, 0.3) is 0 Å². The number of halogens is 2. The summed E-state index contributed by atoms with van der Waals surface area (Å²) < 4.78 is 25.3. The van der Waals surface area contributed by atoms with Crippen LogP contribution < -0.4 is 5.32 Å². The van der Waals surface area contributed by atoms with Crippen LogP contribution >= 0.6 is 12.6 Å². The number of benzene rings is 1. The van der Waals surface area contributed by atoms with E-state index in [0.29, 0.717) is 4.90 Å². The van der Waals surface area contributed by atoms with Gasteiger partial charge in [0.25, 0.3) is 11.8 Å². The maximum atomic E-state index is 12.6. The van der Waals surface area contributed by atoms with Crippen molar-refractivity contribution in [2.75, 3.05) is 13.2 Å². The Morgan fingerprint density at radius 3 is 2.62 bits per heavy atom. The molecule has 0 saturated heterocycles. The van der Waals surface area contributed by atoms with Gasteiger partial charge >= 0.3 is 0 Å². The Hall–Kier alpha value is -1.14. The maximum absolute atomic E-state index is 12.6. The highest BCUT2D eigenvalue weighted by Crippen LogP contribution is 2.14. The first-order chi connectivity index (χ1) is 7.46. The molecule has 16 heavy (non-hydrogen) atoms. The summed E-state index contributed by atoms with van der Waals surface area (Å²) in [4.78, 5) is 11.9. The van der Waals surface area contributed by atoms with E-state index < -0.39 is 25.0 Å². The summed E-state index contributed by atoms with van der Waals surface area (Å²) in [5.41, 5.74) is 0.222. The second-order valence-electron chi connectivity index (χ2n) is 3.21. The lowest BCUT2D eigenvalue weighted by molar-refractivity contribution is -0.0462. The molecule has 0 unspecified atom stereocenters. The van der Waals surface area contributed by atoms with Crippen molar-refractivity contribution < 1.29 is 18.7 Å². The Balaban J connectivity index is 2.64. The van der Waals surface area contributed by atoms with Crippen LogP contribution in [0.1, 0.15) is 10.4 Å². The molecular weight excluding hydrogens is 236 g/mol. The summed E-state index contributed by atoms with van der Waals surface area (Å²) in [6.07, 6.45) is 0. The number of amides is 1. The van der Waals surface area contributed by atoms with Gasteiger partial charge in [0.2, 0.25) is 0 Å². The van der Waals surface area contributed by atoms with E-state index in [1.807, 2.05) is 5.32 Å². The van der Waals surface area contributed by atoms with Crippen LogP contribution in [0.2, 0.25) is 0 Å². The largest absolute Gasteiger partial charge is 0.390 e. The molecular formula is C10H11F2NO2S. The van der Waals surface area contributed by atoms with Crippen molar-refractivity contribution in [2.24, 2.45) is 0 Å². The highest BCUT2D eigenvalue weighted by molar-refractivity contribution is 7.80. The zero-order chi connectivity index (χ0) is 12.2. The highest BCUT2D eigenvalue weighted by atomic mass is 32.1. The number of aliphatic hydroxyl groups is 1.